The number of halogens is 2. The highest BCUT2D eigenvalue weighted by Crippen LogP contribution is 2.52. The number of rotatable bonds is 11. The number of nitrogen functional groups attached to an aromatic ring is 1. The van der Waals surface area contributed by atoms with Crippen molar-refractivity contribution in [2.75, 3.05) is 31.8 Å². The number of hydrogen-bond acceptors (Lipinski definition) is 13. The SMILES string of the molecule is CC(C)(C)C(=O)OCOP(=O)(OCOC(=O)C(C)(C)C)OCC1(CCl)OC(n2ccc(N)nc2=O)C(F)C1O. The van der Waals surface area contributed by atoms with Gasteiger partial charge in [0, 0.05) is 6.20 Å². The van der Waals surface area contributed by atoms with Gasteiger partial charge in [-0.3, -0.25) is 18.7 Å². The van der Waals surface area contributed by atoms with E-state index >= 15 is 4.39 Å². The highest BCUT2D eigenvalue weighted by atomic mass is 35.5. The second kappa shape index (κ2) is 12.6. The van der Waals surface area contributed by atoms with E-state index in [1.807, 2.05) is 0 Å². The lowest BCUT2D eigenvalue weighted by Gasteiger charge is -2.30. The number of aliphatic hydroxyl groups is 1. The lowest BCUT2D eigenvalue weighted by atomic mass is 9.98. The van der Waals surface area contributed by atoms with Gasteiger partial charge in [-0.2, -0.15) is 4.98 Å². The first-order valence-corrected chi connectivity index (χ1v) is 13.6. The Labute approximate surface area is 229 Å². The molecule has 4 unspecified atom stereocenters. The number of aromatic nitrogens is 2. The normalized spacial score (nSPS) is 24.0. The number of carbonyl (C=O) groups excluding carboxylic acids is 2. The van der Waals surface area contributed by atoms with Crippen LogP contribution in [0.15, 0.2) is 17.1 Å². The molecule has 1 fully saturated rings. The highest BCUT2D eigenvalue weighted by Gasteiger charge is 2.57. The molecule has 0 spiro atoms. The van der Waals surface area contributed by atoms with Crippen LogP contribution in [-0.4, -0.2) is 70.5 Å². The molecule has 0 amide bonds. The second-order valence-corrected chi connectivity index (χ2v) is 12.7. The van der Waals surface area contributed by atoms with Crippen LogP contribution in [0, 0.1) is 10.8 Å². The van der Waals surface area contributed by atoms with Gasteiger partial charge in [0.2, 0.25) is 13.6 Å². The summed E-state index contributed by atoms with van der Waals surface area (Å²) in [4.78, 5) is 39.7. The van der Waals surface area contributed by atoms with Gasteiger partial charge in [-0.15, -0.1) is 11.6 Å². The Bertz CT molecular complexity index is 1100. The fraction of sp³-hybridized carbons (Fsp3) is 0.727. The summed E-state index contributed by atoms with van der Waals surface area (Å²) in [6.45, 7) is 6.77. The molecule has 4 atom stereocenters. The van der Waals surface area contributed by atoms with E-state index in [-0.39, 0.29) is 5.82 Å². The van der Waals surface area contributed by atoms with E-state index in [9.17, 15) is 24.1 Å². The molecule has 2 heterocycles. The third-order valence-electron chi connectivity index (χ3n) is 5.31. The molecule has 17 heteroatoms. The predicted molar refractivity (Wildman–Crippen MR) is 134 cm³/mol. The second-order valence-electron chi connectivity index (χ2n) is 10.7. The Kier molecular flexibility index (Phi) is 10.7. The molecule has 0 aromatic carbocycles. The number of ether oxygens (including phenoxy) is 3. The zero-order chi connectivity index (χ0) is 29.8. The summed E-state index contributed by atoms with van der Waals surface area (Å²) in [5, 5.41) is 10.6. The van der Waals surface area contributed by atoms with E-state index in [0.717, 1.165) is 10.8 Å². The van der Waals surface area contributed by atoms with Crippen molar-refractivity contribution < 1.29 is 51.4 Å². The van der Waals surface area contributed by atoms with Crippen molar-refractivity contribution in [1.82, 2.24) is 9.55 Å². The molecular weight excluding hydrogens is 568 g/mol. The summed E-state index contributed by atoms with van der Waals surface area (Å²) in [5.74, 6) is -2.12. The molecule has 1 aliphatic heterocycles. The lowest BCUT2D eigenvalue weighted by molar-refractivity contribution is -0.164. The number of hydrogen-bond donors (Lipinski definition) is 2. The summed E-state index contributed by atoms with van der Waals surface area (Å²) in [5.41, 5.74) is 0.612. The van der Waals surface area contributed by atoms with Crippen LogP contribution in [0.4, 0.5) is 10.2 Å². The topological polar surface area (TPSA) is 188 Å². The van der Waals surface area contributed by atoms with E-state index in [4.69, 9.17) is 45.1 Å². The van der Waals surface area contributed by atoms with Gasteiger partial charge in [-0.1, -0.05) is 0 Å². The molecule has 1 aromatic heterocycles. The van der Waals surface area contributed by atoms with E-state index in [2.05, 4.69) is 4.98 Å². The number of phosphoric acid groups is 1. The van der Waals surface area contributed by atoms with Gasteiger partial charge < -0.3 is 25.1 Å². The summed E-state index contributed by atoms with van der Waals surface area (Å²) in [6.07, 6.45) is -4.75. The summed E-state index contributed by atoms with van der Waals surface area (Å²) in [6, 6.07) is 1.22. The molecule has 14 nitrogen and oxygen atoms in total. The average molecular weight is 602 g/mol. The first kappa shape index (κ1) is 33.1. The van der Waals surface area contributed by atoms with Crippen LogP contribution in [0.25, 0.3) is 0 Å². The fourth-order valence-corrected chi connectivity index (χ4v) is 4.20. The van der Waals surface area contributed by atoms with Gasteiger partial charge in [0.25, 0.3) is 0 Å². The minimum absolute atomic E-state index is 0.119. The Morgan fingerprint density at radius 3 is 2.10 bits per heavy atom. The maximum atomic E-state index is 15.1. The Morgan fingerprint density at radius 1 is 1.15 bits per heavy atom. The molecule has 1 saturated heterocycles. The van der Waals surface area contributed by atoms with Gasteiger partial charge in [0.15, 0.2) is 12.4 Å². The zero-order valence-corrected chi connectivity index (χ0v) is 24.1. The van der Waals surface area contributed by atoms with Crippen molar-refractivity contribution in [3.05, 3.63) is 22.7 Å². The van der Waals surface area contributed by atoms with Crippen LogP contribution in [0.2, 0.25) is 0 Å². The molecule has 0 radical (unpaired) electrons. The molecule has 0 aliphatic carbocycles. The van der Waals surface area contributed by atoms with Crippen LogP contribution in [0.5, 0.6) is 0 Å². The van der Waals surface area contributed by atoms with Crippen molar-refractivity contribution in [3.8, 4) is 0 Å². The van der Waals surface area contributed by atoms with Crippen molar-refractivity contribution >= 4 is 37.2 Å². The van der Waals surface area contributed by atoms with Crippen LogP contribution >= 0.6 is 19.4 Å². The van der Waals surface area contributed by atoms with Crippen molar-refractivity contribution in [3.63, 3.8) is 0 Å². The van der Waals surface area contributed by atoms with Crippen molar-refractivity contribution in [2.24, 2.45) is 10.8 Å². The molecular formula is C22H34ClFN3O11P. The van der Waals surface area contributed by atoms with E-state index < -0.39 is 86.5 Å². The minimum atomic E-state index is -4.72. The number of esters is 2. The molecule has 3 N–H and O–H groups in total. The number of nitrogens with two attached hydrogens (primary N) is 1. The zero-order valence-electron chi connectivity index (χ0n) is 22.4. The highest BCUT2D eigenvalue weighted by molar-refractivity contribution is 7.48. The number of phosphoric ester groups is 1. The quantitative estimate of drug-likeness (QED) is 0.163. The van der Waals surface area contributed by atoms with Crippen LogP contribution < -0.4 is 11.4 Å². The molecule has 1 aromatic rings. The number of anilines is 1. The van der Waals surface area contributed by atoms with Gasteiger partial charge in [0.05, 0.1) is 23.3 Å². The molecule has 1 aliphatic rings. The number of alkyl halides is 2. The first-order chi connectivity index (χ1) is 17.8. The van der Waals surface area contributed by atoms with Gasteiger partial charge in [0.1, 0.15) is 17.5 Å². The summed E-state index contributed by atoms with van der Waals surface area (Å²) < 4.78 is 60.0. The predicted octanol–water partition coefficient (Wildman–Crippen LogP) is 2.28. The summed E-state index contributed by atoms with van der Waals surface area (Å²) in [7, 11) is -4.72. The van der Waals surface area contributed by atoms with Crippen LogP contribution in [0.1, 0.15) is 47.8 Å². The van der Waals surface area contributed by atoms with Gasteiger partial charge in [-0.25, -0.2) is 22.8 Å². The third-order valence-corrected chi connectivity index (χ3v) is 7.05. The smallest absolute Gasteiger partial charge is 0.437 e. The molecule has 222 valence electrons. The van der Waals surface area contributed by atoms with E-state index in [1.165, 1.54) is 6.07 Å². The largest absolute Gasteiger partial charge is 0.480 e. The average Bonchev–Trinajstić information content (AvgIpc) is 3.07. The van der Waals surface area contributed by atoms with Crippen molar-refractivity contribution in [2.45, 2.75) is 65.6 Å². The third kappa shape index (κ3) is 8.43. The Balaban J connectivity index is 2.21. The molecule has 0 saturated carbocycles. The lowest BCUT2D eigenvalue weighted by Crippen LogP contribution is -2.47. The van der Waals surface area contributed by atoms with E-state index in [1.54, 1.807) is 41.5 Å². The first-order valence-electron chi connectivity index (χ1n) is 11.6. The number of aliphatic hydroxyl groups excluding tert-OH is 1. The van der Waals surface area contributed by atoms with Crippen molar-refractivity contribution in [1.29, 1.82) is 0 Å². The van der Waals surface area contributed by atoms with Gasteiger partial charge >= 0.3 is 25.5 Å². The molecule has 39 heavy (non-hydrogen) atoms. The van der Waals surface area contributed by atoms with Crippen LogP contribution in [-0.2, 0) is 41.9 Å². The molecule has 2 rings (SSSR count). The van der Waals surface area contributed by atoms with E-state index in [0.29, 0.717) is 0 Å². The minimum Gasteiger partial charge on any atom is -0.437 e. The number of nitrogens with zero attached hydrogens (tertiary/aromatic N) is 2. The fourth-order valence-electron chi connectivity index (χ4n) is 2.94. The molecule has 0 bridgehead atoms. The Hall–Kier alpha value is -2.13. The summed E-state index contributed by atoms with van der Waals surface area (Å²) >= 11 is 6.00. The maximum absolute atomic E-state index is 15.1. The van der Waals surface area contributed by atoms with Gasteiger partial charge in [-0.05, 0) is 47.6 Å². The number of carbonyl (C=O) groups is 2. The maximum Gasteiger partial charge on any atom is 0.480 e. The standard InChI is InChI=1S/C22H34ClFN3O11P/c1-20(2,3)17(29)33-11-36-39(32,37-12-34-18(30)21(4,5)6)35-10-22(9-23)15(28)14(24)16(38-22)27-8-7-13(25)26-19(27)31/h7-8,14-16,28H,9-12H2,1-6H3,(H2,25,26,31). The van der Waals surface area contributed by atoms with Crippen LogP contribution in [0.3, 0.4) is 0 Å². The monoisotopic (exact) mass is 601 g/mol. The Morgan fingerprint density at radius 2 is 1.67 bits per heavy atom.